The lowest BCUT2D eigenvalue weighted by molar-refractivity contribution is -0.382. The van der Waals surface area contributed by atoms with Gasteiger partial charge in [0.2, 0.25) is 0 Å². The summed E-state index contributed by atoms with van der Waals surface area (Å²) >= 11 is 1.50. The third kappa shape index (κ3) is 2.31. The van der Waals surface area contributed by atoms with Gasteiger partial charge in [0, 0.05) is 15.5 Å². The van der Waals surface area contributed by atoms with Crippen LogP contribution in [0.2, 0.25) is 0 Å². The maximum absolute atomic E-state index is 12.5. The summed E-state index contributed by atoms with van der Waals surface area (Å²) in [5.41, 5.74) is 1.79. The predicted octanol–water partition coefficient (Wildman–Crippen LogP) is 7.94. The Balaban J connectivity index is 1.92. The van der Waals surface area contributed by atoms with Crippen LogP contribution in [0.3, 0.4) is 0 Å². The number of hydrogen-bond acceptors (Lipinski definition) is 3. The molecule has 6 rings (SSSR count). The van der Waals surface area contributed by atoms with Crippen molar-refractivity contribution in [3.05, 3.63) is 101 Å². The highest BCUT2D eigenvalue weighted by Gasteiger charge is 2.27. The van der Waals surface area contributed by atoms with E-state index in [9.17, 15) is 10.1 Å². The lowest BCUT2D eigenvalue weighted by Crippen LogP contribution is -1.95. The fraction of sp³-hybridized carbons (Fsp3) is 0. The van der Waals surface area contributed by atoms with Crippen molar-refractivity contribution < 1.29 is 4.92 Å². The van der Waals surface area contributed by atoms with Crippen LogP contribution in [0.15, 0.2) is 91.0 Å². The van der Waals surface area contributed by atoms with Gasteiger partial charge in [-0.05, 0) is 33.2 Å². The van der Waals surface area contributed by atoms with Crippen molar-refractivity contribution in [1.29, 1.82) is 0 Å². The summed E-state index contributed by atoms with van der Waals surface area (Å²) in [4.78, 5) is 12.3. The number of thiophene rings is 1. The normalized spacial score (nSPS) is 11.6. The van der Waals surface area contributed by atoms with E-state index < -0.39 is 0 Å². The van der Waals surface area contributed by atoms with Crippen molar-refractivity contribution in [1.82, 2.24) is 0 Å². The van der Waals surface area contributed by atoms with Crippen molar-refractivity contribution in [2.24, 2.45) is 0 Å². The van der Waals surface area contributed by atoms with Crippen LogP contribution in [0.4, 0.5) is 5.69 Å². The third-order valence-electron chi connectivity index (χ3n) is 5.75. The Morgan fingerprint density at radius 1 is 0.667 bits per heavy atom. The molecule has 3 nitrogen and oxygen atoms in total. The van der Waals surface area contributed by atoms with Gasteiger partial charge in [0.25, 0.3) is 5.69 Å². The molecule has 0 radical (unpaired) electrons. The summed E-state index contributed by atoms with van der Waals surface area (Å²) in [5, 5.41) is 18.6. The van der Waals surface area contributed by atoms with Gasteiger partial charge in [0.05, 0.1) is 10.5 Å². The number of benzene rings is 5. The van der Waals surface area contributed by atoms with Crippen LogP contribution in [-0.2, 0) is 0 Å². The lowest BCUT2D eigenvalue weighted by atomic mass is 9.90. The van der Waals surface area contributed by atoms with Gasteiger partial charge in [-0.25, -0.2) is 0 Å². The third-order valence-corrected chi connectivity index (χ3v) is 6.93. The van der Waals surface area contributed by atoms with E-state index >= 15 is 0 Å². The molecule has 0 atom stereocenters. The Hall–Kier alpha value is -3.76. The predicted molar refractivity (Wildman–Crippen MR) is 126 cm³/mol. The van der Waals surface area contributed by atoms with Crippen molar-refractivity contribution in [2.45, 2.75) is 0 Å². The quantitative estimate of drug-likeness (QED) is 0.217. The van der Waals surface area contributed by atoms with Crippen LogP contribution in [0.1, 0.15) is 0 Å². The Morgan fingerprint density at radius 3 is 2.10 bits per heavy atom. The minimum atomic E-state index is -0.207. The van der Waals surface area contributed by atoms with Gasteiger partial charge < -0.3 is 0 Å². The first kappa shape index (κ1) is 17.1. The topological polar surface area (TPSA) is 43.1 Å². The zero-order chi connectivity index (χ0) is 20.2. The largest absolute Gasteiger partial charge is 0.295 e. The molecule has 0 saturated heterocycles. The highest BCUT2D eigenvalue weighted by Crippen LogP contribution is 2.50. The summed E-state index contributed by atoms with van der Waals surface area (Å²) in [5.74, 6) is 0. The van der Waals surface area contributed by atoms with E-state index in [2.05, 4.69) is 12.1 Å². The highest BCUT2D eigenvalue weighted by molar-refractivity contribution is 7.26. The maximum Gasteiger partial charge on any atom is 0.295 e. The number of rotatable bonds is 2. The van der Waals surface area contributed by atoms with E-state index in [0.717, 1.165) is 47.3 Å². The molecule has 1 aromatic heterocycles. The van der Waals surface area contributed by atoms with Crippen LogP contribution in [0.5, 0.6) is 0 Å². The van der Waals surface area contributed by atoms with Gasteiger partial charge in [-0.15, -0.1) is 11.3 Å². The Kier molecular flexibility index (Phi) is 3.64. The smallest absolute Gasteiger partial charge is 0.258 e. The lowest BCUT2D eigenvalue weighted by Gasteiger charge is -2.12. The van der Waals surface area contributed by atoms with Crippen molar-refractivity contribution in [2.75, 3.05) is 0 Å². The molecular formula is C26H15NO2S. The average molecular weight is 405 g/mol. The van der Waals surface area contributed by atoms with E-state index in [1.807, 2.05) is 78.9 Å². The second-order valence-corrected chi connectivity index (χ2v) is 8.41. The minimum Gasteiger partial charge on any atom is -0.258 e. The van der Waals surface area contributed by atoms with Crippen LogP contribution in [0, 0.1) is 10.1 Å². The Labute approximate surface area is 176 Å². The fourth-order valence-corrected chi connectivity index (χ4v) is 5.77. The van der Waals surface area contributed by atoms with Crippen molar-refractivity contribution in [3.8, 4) is 11.1 Å². The zero-order valence-corrected chi connectivity index (χ0v) is 16.6. The molecule has 0 unspecified atom stereocenters. The Morgan fingerprint density at radius 2 is 1.30 bits per heavy atom. The van der Waals surface area contributed by atoms with Gasteiger partial charge in [-0.1, -0.05) is 84.9 Å². The first-order valence-corrected chi connectivity index (χ1v) is 10.5. The second kappa shape index (κ2) is 6.37. The first-order valence-electron chi connectivity index (χ1n) is 9.72. The van der Waals surface area contributed by atoms with E-state index in [1.54, 1.807) is 0 Å². The first-order chi connectivity index (χ1) is 14.7. The molecule has 0 aliphatic rings. The van der Waals surface area contributed by atoms with Gasteiger partial charge in [-0.2, -0.15) is 0 Å². The molecule has 4 heteroatoms. The number of nitro groups is 1. The zero-order valence-electron chi connectivity index (χ0n) is 15.8. The molecule has 5 aromatic carbocycles. The number of nitrogens with zero attached hydrogens (tertiary/aromatic N) is 1. The SMILES string of the molecule is O=[N+]([O-])c1c(-c2cccc3ccccc23)c2ccccc2c2c1sc1ccccc12. The van der Waals surface area contributed by atoms with Crippen LogP contribution >= 0.6 is 11.3 Å². The highest BCUT2D eigenvalue weighted by atomic mass is 32.1. The molecule has 142 valence electrons. The minimum absolute atomic E-state index is 0.196. The number of fused-ring (bicyclic) bond motifs is 6. The van der Waals surface area contributed by atoms with Crippen LogP contribution < -0.4 is 0 Å². The second-order valence-electron chi connectivity index (χ2n) is 7.36. The molecule has 0 spiro atoms. The monoisotopic (exact) mass is 405 g/mol. The molecule has 0 amide bonds. The van der Waals surface area contributed by atoms with E-state index in [1.165, 1.54) is 11.3 Å². The van der Waals surface area contributed by atoms with Crippen LogP contribution in [0.25, 0.3) is 52.8 Å². The van der Waals surface area contributed by atoms with Crippen LogP contribution in [-0.4, -0.2) is 4.92 Å². The van der Waals surface area contributed by atoms with E-state index in [0.29, 0.717) is 5.56 Å². The molecule has 0 fully saturated rings. The molecule has 0 aliphatic heterocycles. The average Bonchev–Trinajstić information content (AvgIpc) is 3.17. The van der Waals surface area contributed by atoms with Crippen molar-refractivity contribution >= 4 is 58.7 Å². The summed E-state index contributed by atoms with van der Waals surface area (Å²) in [6.07, 6.45) is 0. The maximum atomic E-state index is 12.5. The van der Waals surface area contributed by atoms with E-state index in [-0.39, 0.29) is 10.6 Å². The standard InChI is InChI=1S/C26H15NO2S/c28-27(29)25-23(18-14-7-9-16-8-1-2-10-17(16)18)19-11-3-4-12-20(19)24-21-13-5-6-15-22(21)30-26(24)25/h1-15H. The fourth-order valence-electron chi connectivity index (χ4n) is 4.53. The molecule has 6 aromatic rings. The number of nitro benzene ring substituents is 1. The molecule has 30 heavy (non-hydrogen) atoms. The molecule has 0 bridgehead atoms. The summed E-state index contributed by atoms with van der Waals surface area (Å²) < 4.78 is 1.80. The molecule has 0 saturated carbocycles. The van der Waals surface area contributed by atoms with E-state index in [4.69, 9.17) is 0 Å². The molecule has 0 N–H and O–H groups in total. The summed E-state index contributed by atoms with van der Waals surface area (Å²) in [6.45, 7) is 0. The molecule has 1 heterocycles. The van der Waals surface area contributed by atoms with Crippen molar-refractivity contribution in [3.63, 3.8) is 0 Å². The van der Waals surface area contributed by atoms with Gasteiger partial charge in [0.1, 0.15) is 4.70 Å². The summed E-state index contributed by atoms with van der Waals surface area (Å²) in [7, 11) is 0. The summed E-state index contributed by atoms with van der Waals surface area (Å²) in [6, 6.07) is 30.2. The molecular weight excluding hydrogens is 390 g/mol. The number of hydrogen-bond donors (Lipinski definition) is 0. The van der Waals surface area contributed by atoms with Gasteiger partial charge >= 0.3 is 0 Å². The van der Waals surface area contributed by atoms with Gasteiger partial charge in [0.15, 0.2) is 0 Å². The molecule has 0 aliphatic carbocycles. The van der Waals surface area contributed by atoms with Gasteiger partial charge in [-0.3, -0.25) is 10.1 Å². The Bertz CT molecular complexity index is 1630.